The number of rotatable bonds is 0. The number of hydrogen-bond donors (Lipinski definition) is 1. The lowest BCUT2D eigenvalue weighted by Gasteiger charge is -2.28. The first kappa shape index (κ1) is 14.2. The molecule has 21 heavy (non-hydrogen) atoms. The van der Waals surface area contributed by atoms with Crippen molar-refractivity contribution in [2.24, 2.45) is 0 Å². The van der Waals surface area contributed by atoms with Crippen molar-refractivity contribution in [3.8, 4) is 0 Å². The molecule has 2 aliphatic heterocycles. The summed E-state index contributed by atoms with van der Waals surface area (Å²) in [5.74, 6) is 0.371. The van der Waals surface area contributed by atoms with Crippen molar-refractivity contribution >= 4 is 11.8 Å². The van der Waals surface area contributed by atoms with E-state index in [4.69, 9.17) is 4.74 Å². The molecule has 2 aliphatic rings. The van der Waals surface area contributed by atoms with Gasteiger partial charge in [-0.2, -0.15) is 0 Å². The van der Waals surface area contributed by atoms with Gasteiger partial charge in [0.15, 0.2) is 0 Å². The van der Waals surface area contributed by atoms with Crippen LogP contribution in [0.5, 0.6) is 0 Å². The Hall–Kier alpha value is -1.71. The summed E-state index contributed by atoms with van der Waals surface area (Å²) < 4.78 is 5.54. The maximum absolute atomic E-state index is 12.4. The number of fused-ring (bicyclic) bond motifs is 3. The number of amides is 1. The summed E-state index contributed by atoms with van der Waals surface area (Å²) in [5.41, 5.74) is 2.12. The van der Waals surface area contributed by atoms with Crippen molar-refractivity contribution in [3.05, 3.63) is 29.8 Å². The summed E-state index contributed by atoms with van der Waals surface area (Å²) in [4.78, 5) is 14.2. The van der Waals surface area contributed by atoms with Crippen molar-refractivity contribution in [1.82, 2.24) is 4.90 Å². The first-order chi connectivity index (χ1) is 9.94. The number of anilines is 1. The van der Waals surface area contributed by atoms with Crippen LogP contribution in [0.4, 0.5) is 10.5 Å². The average Bonchev–Trinajstić information content (AvgIpc) is 2.60. The number of ether oxygens (including phenoxy) is 1. The molecule has 1 amide bonds. The van der Waals surface area contributed by atoms with Crippen LogP contribution < -0.4 is 5.32 Å². The van der Waals surface area contributed by atoms with E-state index in [1.54, 1.807) is 0 Å². The normalized spacial score (nSPS) is 24.6. The minimum atomic E-state index is -0.436. The Morgan fingerprint density at radius 3 is 2.86 bits per heavy atom. The molecule has 1 fully saturated rings. The first-order valence-electron chi connectivity index (χ1n) is 7.77. The first-order valence-corrected chi connectivity index (χ1v) is 7.77. The van der Waals surface area contributed by atoms with E-state index < -0.39 is 5.60 Å². The van der Waals surface area contributed by atoms with Gasteiger partial charge in [-0.25, -0.2) is 4.79 Å². The summed E-state index contributed by atoms with van der Waals surface area (Å²) in [5, 5.41) is 3.61. The third-order valence-electron chi connectivity index (χ3n) is 4.20. The fourth-order valence-corrected chi connectivity index (χ4v) is 3.29. The zero-order valence-corrected chi connectivity index (χ0v) is 13.1. The molecule has 2 atom stereocenters. The van der Waals surface area contributed by atoms with E-state index in [-0.39, 0.29) is 6.09 Å². The Morgan fingerprint density at radius 1 is 1.33 bits per heavy atom. The van der Waals surface area contributed by atoms with E-state index in [2.05, 4.69) is 29.6 Å². The maximum Gasteiger partial charge on any atom is 0.410 e. The Labute approximate surface area is 126 Å². The van der Waals surface area contributed by atoms with Crippen LogP contribution in [0, 0.1) is 0 Å². The molecule has 2 heterocycles. The molecule has 1 saturated heterocycles. The van der Waals surface area contributed by atoms with Crippen LogP contribution in [-0.4, -0.2) is 35.7 Å². The molecule has 0 saturated carbocycles. The van der Waals surface area contributed by atoms with Gasteiger partial charge in [0.05, 0.1) is 0 Å². The molecule has 1 aromatic carbocycles. The van der Waals surface area contributed by atoms with Crippen molar-refractivity contribution in [2.45, 2.75) is 51.2 Å². The number of nitrogens with one attached hydrogen (secondary N) is 1. The number of likely N-dealkylation sites (tertiary alicyclic amines) is 1. The van der Waals surface area contributed by atoms with Gasteiger partial charge in [-0.1, -0.05) is 18.2 Å². The van der Waals surface area contributed by atoms with Gasteiger partial charge < -0.3 is 15.0 Å². The van der Waals surface area contributed by atoms with Crippen molar-refractivity contribution in [2.75, 3.05) is 18.4 Å². The molecule has 0 spiro atoms. The molecule has 4 nitrogen and oxygen atoms in total. The topological polar surface area (TPSA) is 41.6 Å². The second-order valence-electron chi connectivity index (χ2n) is 7.01. The monoisotopic (exact) mass is 288 g/mol. The fraction of sp³-hybridized carbons (Fsp3) is 0.588. The van der Waals surface area contributed by atoms with E-state index in [1.165, 1.54) is 11.3 Å². The standard InChI is InChI=1S/C17H24N2O2/c1-17(2,3)21-16(20)19-10-6-9-15-13(11-19)12-7-4-5-8-14(12)18-15/h4-5,7-8,13,15,18H,6,9-11H2,1-3H3/t13-,15+/m0/s1. The number of carbonyl (C=O) groups excluding carboxylic acids is 1. The van der Waals surface area contributed by atoms with E-state index >= 15 is 0 Å². The summed E-state index contributed by atoms with van der Waals surface area (Å²) >= 11 is 0. The van der Waals surface area contributed by atoms with Crippen LogP contribution in [0.2, 0.25) is 0 Å². The van der Waals surface area contributed by atoms with Gasteiger partial charge in [0, 0.05) is 30.7 Å². The predicted octanol–water partition coefficient (Wildman–Crippen LogP) is 3.60. The lowest BCUT2D eigenvalue weighted by molar-refractivity contribution is 0.0249. The van der Waals surface area contributed by atoms with Gasteiger partial charge in [0.25, 0.3) is 0 Å². The highest BCUT2D eigenvalue weighted by molar-refractivity contribution is 5.69. The third-order valence-corrected chi connectivity index (χ3v) is 4.20. The van der Waals surface area contributed by atoms with Gasteiger partial charge in [0.2, 0.25) is 0 Å². The number of para-hydroxylation sites is 1. The molecule has 0 radical (unpaired) electrons. The largest absolute Gasteiger partial charge is 0.444 e. The Balaban J connectivity index is 1.77. The van der Waals surface area contributed by atoms with Gasteiger partial charge in [-0.15, -0.1) is 0 Å². The lowest BCUT2D eigenvalue weighted by atomic mass is 9.93. The molecule has 0 aliphatic carbocycles. The van der Waals surface area contributed by atoms with E-state index in [0.29, 0.717) is 12.0 Å². The molecular formula is C17H24N2O2. The van der Waals surface area contributed by atoms with Gasteiger partial charge in [-0.3, -0.25) is 0 Å². The number of hydrogen-bond acceptors (Lipinski definition) is 3. The summed E-state index contributed by atoms with van der Waals surface area (Å²) in [6.07, 6.45) is 1.92. The highest BCUT2D eigenvalue weighted by atomic mass is 16.6. The Kier molecular flexibility index (Phi) is 3.56. The molecule has 4 heteroatoms. The minimum Gasteiger partial charge on any atom is -0.444 e. The lowest BCUT2D eigenvalue weighted by Crippen LogP contribution is -2.39. The molecule has 1 N–H and O–H groups in total. The van der Waals surface area contributed by atoms with Crippen LogP contribution in [0.15, 0.2) is 24.3 Å². The molecule has 3 rings (SSSR count). The maximum atomic E-state index is 12.4. The Bertz CT molecular complexity index is 536. The van der Waals surface area contributed by atoms with Crippen molar-refractivity contribution in [1.29, 1.82) is 0 Å². The van der Waals surface area contributed by atoms with Gasteiger partial charge in [-0.05, 0) is 45.2 Å². The molecular weight excluding hydrogens is 264 g/mol. The second kappa shape index (κ2) is 5.24. The fourth-order valence-electron chi connectivity index (χ4n) is 3.29. The van der Waals surface area contributed by atoms with E-state index in [0.717, 1.165) is 25.9 Å². The third kappa shape index (κ3) is 2.99. The SMILES string of the molecule is CC(C)(C)OC(=O)N1CCC[C@H]2Nc3ccccc3[C@@H]2C1. The quantitative estimate of drug-likeness (QED) is 0.793. The summed E-state index contributed by atoms with van der Waals surface area (Å²) in [6, 6.07) is 8.87. The van der Waals surface area contributed by atoms with Gasteiger partial charge in [0.1, 0.15) is 5.60 Å². The zero-order valence-electron chi connectivity index (χ0n) is 13.1. The molecule has 0 aromatic heterocycles. The van der Waals surface area contributed by atoms with Crippen LogP contribution in [0.25, 0.3) is 0 Å². The van der Waals surface area contributed by atoms with Crippen LogP contribution in [0.3, 0.4) is 0 Å². The van der Waals surface area contributed by atoms with E-state index in [9.17, 15) is 4.79 Å². The predicted molar refractivity (Wildman–Crippen MR) is 83.6 cm³/mol. The Morgan fingerprint density at radius 2 is 2.10 bits per heavy atom. The summed E-state index contributed by atoms with van der Waals surface area (Å²) in [6.45, 7) is 7.27. The van der Waals surface area contributed by atoms with Crippen LogP contribution in [-0.2, 0) is 4.74 Å². The molecule has 114 valence electrons. The van der Waals surface area contributed by atoms with Gasteiger partial charge >= 0.3 is 6.09 Å². The minimum absolute atomic E-state index is 0.187. The highest BCUT2D eigenvalue weighted by Crippen LogP contribution is 2.39. The number of nitrogens with zero attached hydrogens (tertiary/aromatic N) is 1. The highest BCUT2D eigenvalue weighted by Gasteiger charge is 2.37. The second-order valence-corrected chi connectivity index (χ2v) is 7.01. The number of carbonyl (C=O) groups is 1. The zero-order chi connectivity index (χ0) is 15.0. The molecule has 1 aromatic rings. The van der Waals surface area contributed by atoms with Crippen molar-refractivity contribution < 1.29 is 9.53 Å². The summed E-state index contributed by atoms with van der Waals surface area (Å²) in [7, 11) is 0. The van der Waals surface area contributed by atoms with Crippen LogP contribution >= 0.6 is 0 Å². The van der Waals surface area contributed by atoms with Crippen molar-refractivity contribution in [3.63, 3.8) is 0 Å². The molecule has 0 bridgehead atoms. The van der Waals surface area contributed by atoms with Crippen LogP contribution in [0.1, 0.15) is 45.1 Å². The number of benzene rings is 1. The average molecular weight is 288 g/mol. The molecule has 0 unspecified atom stereocenters. The smallest absolute Gasteiger partial charge is 0.410 e. The van der Waals surface area contributed by atoms with E-state index in [1.807, 2.05) is 25.7 Å².